The molecule has 0 spiro atoms. The molecule has 0 radical (unpaired) electrons. The second-order valence-electron chi connectivity index (χ2n) is 16.8. The normalized spacial score (nSPS) is 17.7. The monoisotopic (exact) mass is 729 g/mol. The van der Waals surface area contributed by atoms with Crippen molar-refractivity contribution in [2.24, 2.45) is 5.41 Å². The van der Waals surface area contributed by atoms with E-state index in [1.807, 2.05) is 11.3 Å². The second-order valence-corrected chi connectivity index (χ2v) is 19.0. The lowest BCUT2D eigenvalue weighted by Crippen LogP contribution is -2.33. The minimum Gasteiger partial charge on any atom is -0.347 e. The average molecular weight is 730 g/mol. The fourth-order valence-corrected chi connectivity index (χ4v) is 11.0. The molecular weight excluding hydrogens is 687 g/mol. The van der Waals surface area contributed by atoms with E-state index in [0.29, 0.717) is 13.2 Å². The number of benzene rings is 5. The van der Waals surface area contributed by atoms with Crippen LogP contribution in [-0.4, -0.2) is 13.2 Å². The third-order valence-electron chi connectivity index (χ3n) is 11.8. The summed E-state index contributed by atoms with van der Waals surface area (Å²) in [5, 5.41) is 1.26. The smallest absolute Gasteiger partial charge is 0.193 e. The van der Waals surface area contributed by atoms with E-state index in [0.717, 1.165) is 10.6 Å². The van der Waals surface area contributed by atoms with E-state index in [2.05, 4.69) is 168 Å². The van der Waals surface area contributed by atoms with Crippen molar-refractivity contribution < 1.29 is 9.47 Å². The summed E-state index contributed by atoms with van der Waals surface area (Å²) < 4.78 is 13.5. The Kier molecular flexibility index (Phi) is 7.33. The molecule has 1 saturated heterocycles. The number of anilines is 3. The number of fused-ring (bicyclic) bond motifs is 7. The highest BCUT2D eigenvalue weighted by molar-refractivity contribution is 7.26. The van der Waals surface area contributed by atoms with E-state index >= 15 is 0 Å². The van der Waals surface area contributed by atoms with Gasteiger partial charge < -0.3 is 14.4 Å². The van der Waals surface area contributed by atoms with Gasteiger partial charge in [0.05, 0.1) is 18.1 Å². The van der Waals surface area contributed by atoms with Crippen LogP contribution < -0.4 is 4.90 Å². The molecule has 0 saturated carbocycles. The van der Waals surface area contributed by atoms with Gasteiger partial charge in [-0.25, -0.2) is 0 Å². The molecule has 264 valence electrons. The van der Waals surface area contributed by atoms with Gasteiger partial charge in [-0.15, -0.1) is 22.7 Å². The van der Waals surface area contributed by atoms with E-state index in [1.54, 1.807) is 11.3 Å². The molecule has 3 heterocycles. The van der Waals surface area contributed by atoms with E-state index in [4.69, 9.17) is 9.47 Å². The Morgan fingerprint density at radius 3 is 1.64 bits per heavy atom. The Balaban J connectivity index is 1.08. The molecule has 1 aliphatic heterocycles. The summed E-state index contributed by atoms with van der Waals surface area (Å²) in [4.78, 5) is 6.12. The molecule has 7 aromatic rings. The van der Waals surface area contributed by atoms with Crippen molar-refractivity contribution in [3.05, 3.63) is 148 Å². The van der Waals surface area contributed by atoms with Gasteiger partial charge in [0.25, 0.3) is 0 Å². The van der Waals surface area contributed by atoms with Crippen LogP contribution in [0.2, 0.25) is 0 Å². The summed E-state index contributed by atoms with van der Waals surface area (Å²) in [6.07, 6.45) is -0.286. The van der Waals surface area contributed by atoms with Crippen molar-refractivity contribution in [1.82, 2.24) is 0 Å². The molecule has 0 unspecified atom stereocenters. The van der Waals surface area contributed by atoms with Crippen molar-refractivity contribution in [3.63, 3.8) is 0 Å². The van der Waals surface area contributed by atoms with Crippen LogP contribution in [-0.2, 0) is 20.3 Å². The number of rotatable bonds is 5. The molecule has 5 heteroatoms. The summed E-state index contributed by atoms with van der Waals surface area (Å²) in [7, 11) is 0. The van der Waals surface area contributed by atoms with Gasteiger partial charge in [-0.1, -0.05) is 108 Å². The van der Waals surface area contributed by atoms with Crippen molar-refractivity contribution in [2.75, 3.05) is 18.1 Å². The second kappa shape index (κ2) is 11.7. The minimum atomic E-state index is -0.286. The van der Waals surface area contributed by atoms with Crippen molar-refractivity contribution in [3.8, 4) is 32.0 Å². The highest BCUT2D eigenvalue weighted by Gasteiger charge is 2.38. The van der Waals surface area contributed by atoms with Gasteiger partial charge in [-0.3, -0.25) is 0 Å². The highest BCUT2D eigenvalue weighted by Crippen LogP contribution is 2.53. The van der Waals surface area contributed by atoms with Crippen molar-refractivity contribution in [1.29, 1.82) is 0 Å². The largest absolute Gasteiger partial charge is 0.347 e. The van der Waals surface area contributed by atoms with E-state index in [-0.39, 0.29) is 22.5 Å². The highest BCUT2D eigenvalue weighted by atomic mass is 32.1. The molecule has 2 aliphatic carbocycles. The maximum absolute atomic E-state index is 6.12. The zero-order valence-electron chi connectivity index (χ0n) is 31.1. The third kappa shape index (κ3) is 5.20. The van der Waals surface area contributed by atoms with Crippen LogP contribution in [0.1, 0.15) is 75.0 Å². The van der Waals surface area contributed by atoms with Crippen LogP contribution in [0, 0.1) is 5.41 Å². The minimum absolute atomic E-state index is 0.0512. The lowest BCUT2D eigenvalue weighted by Gasteiger charge is -2.34. The van der Waals surface area contributed by atoms with Gasteiger partial charge in [-0.2, -0.15) is 0 Å². The molecule has 5 aromatic carbocycles. The summed E-state index contributed by atoms with van der Waals surface area (Å²) in [5.41, 5.74) is 14.3. The van der Waals surface area contributed by atoms with Gasteiger partial charge in [0.2, 0.25) is 0 Å². The lowest BCUT2D eigenvalue weighted by molar-refractivity contribution is -0.224. The third-order valence-corrected chi connectivity index (χ3v) is 14.2. The molecule has 0 atom stereocenters. The van der Waals surface area contributed by atoms with E-state index < -0.39 is 0 Å². The summed E-state index contributed by atoms with van der Waals surface area (Å²) in [6, 6.07) is 45.7. The van der Waals surface area contributed by atoms with Crippen LogP contribution in [0.5, 0.6) is 0 Å². The van der Waals surface area contributed by atoms with Gasteiger partial charge in [0.1, 0.15) is 0 Å². The molecule has 3 nitrogen and oxygen atoms in total. The van der Waals surface area contributed by atoms with Gasteiger partial charge in [-0.05, 0) is 104 Å². The molecule has 10 rings (SSSR count). The SMILES string of the molecule is CC1(C)COC(c2ccc(-c3cc4ccc(N(c5ccc6c(c5)C(C)(C)c5ccccc5-6)c5ccc6c(c5)C(C)(C)c5ccccc5-6)cc4s3)s2)OC1. The first-order chi connectivity index (χ1) is 25.5. The summed E-state index contributed by atoms with van der Waals surface area (Å²) >= 11 is 3.63. The molecule has 53 heavy (non-hydrogen) atoms. The molecule has 0 bridgehead atoms. The predicted molar refractivity (Wildman–Crippen MR) is 223 cm³/mol. The molecule has 0 amide bonds. The first-order valence-electron chi connectivity index (χ1n) is 18.6. The first-order valence-corrected chi connectivity index (χ1v) is 20.3. The molecule has 0 N–H and O–H groups in total. The quantitative estimate of drug-likeness (QED) is 0.176. The first kappa shape index (κ1) is 33.1. The van der Waals surface area contributed by atoms with Gasteiger partial charge in [0, 0.05) is 47.8 Å². The topological polar surface area (TPSA) is 21.7 Å². The van der Waals surface area contributed by atoms with Crippen LogP contribution in [0.3, 0.4) is 0 Å². The van der Waals surface area contributed by atoms with Crippen LogP contribution >= 0.6 is 22.7 Å². The van der Waals surface area contributed by atoms with Crippen molar-refractivity contribution >= 4 is 49.8 Å². The fraction of sp³-hybridized carbons (Fsp3) is 0.250. The van der Waals surface area contributed by atoms with E-state index in [9.17, 15) is 0 Å². The Hall–Kier alpha value is -4.52. The molecule has 3 aliphatic rings. The maximum Gasteiger partial charge on any atom is 0.193 e. The Morgan fingerprint density at radius 2 is 1.04 bits per heavy atom. The molecule has 1 fully saturated rings. The number of thiophene rings is 2. The van der Waals surface area contributed by atoms with E-state index in [1.165, 1.54) is 75.7 Å². The number of hydrogen-bond acceptors (Lipinski definition) is 5. The van der Waals surface area contributed by atoms with Crippen LogP contribution in [0.25, 0.3) is 42.1 Å². The van der Waals surface area contributed by atoms with Gasteiger partial charge in [0.15, 0.2) is 6.29 Å². The summed E-state index contributed by atoms with van der Waals surface area (Å²) in [6.45, 7) is 15.2. The Bertz CT molecular complexity index is 2470. The zero-order valence-corrected chi connectivity index (χ0v) is 32.8. The average Bonchev–Trinajstić information content (AvgIpc) is 3.91. The van der Waals surface area contributed by atoms with Gasteiger partial charge >= 0.3 is 0 Å². The van der Waals surface area contributed by atoms with Crippen molar-refractivity contribution in [2.45, 2.75) is 58.7 Å². The molecular formula is C48H43NO2S2. The zero-order chi connectivity index (χ0) is 36.3. The van der Waals surface area contributed by atoms with Crippen LogP contribution in [0.4, 0.5) is 17.1 Å². The number of nitrogens with zero attached hydrogens (tertiary/aromatic N) is 1. The fourth-order valence-electron chi connectivity index (χ4n) is 8.86. The standard InChI is InChI=1S/C48H43NO2S2/c1-46(2)27-50-45(51-28-46)42-22-21-41(52-42)44-23-29-15-16-32(26-43(29)53-44)49(30-17-19-35-33-11-7-9-13-37(33)47(3,4)39(35)24-30)31-18-20-36-34-12-8-10-14-38(34)48(5,6)40(36)25-31/h7-26,45H,27-28H2,1-6H3. The Labute approximate surface area is 320 Å². The number of ether oxygens (including phenoxy) is 2. The van der Waals surface area contributed by atoms with Crippen LogP contribution in [0.15, 0.2) is 121 Å². The number of hydrogen-bond donors (Lipinski definition) is 0. The lowest BCUT2D eigenvalue weighted by atomic mass is 9.82. The maximum atomic E-state index is 6.12. The summed E-state index contributed by atoms with van der Waals surface area (Å²) in [5.74, 6) is 0. The molecule has 2 aromatic heterocycles. The Morgan fingerprint density at radius 1 is 0.509 bits per heavy atom. The predicted octanol–water partition coefficient (Wildman–Crippen LogP) is 13.8.